The molecule has 0 heterocycles. The second kappa shape index (κ2) is 5.75. The predicted molar refractivity (Wildman–Crippen MR) is 96.2 cm³/mol. The van der Waals surface area contributed by atoms with Crippen LogP contribution in [-0.4, -0.2) is 35.4 Å². The van der Waals surface area contributed by atoms with Gasteiger partial charge < -0.3 is 9.84 Å². The molecule has 3 aliphatic carbocycles. The normalized spacial score (nSPS) is 39.1. The van der Waals surface area contributed by atoms with E-state index < -0.39 is 28.7 Å². The van der Waals surface area contributed by atoms with E-state index in [4.69, 9.17) is 4.74 Å². The predicted octanol–water partition coefficient (Wildman–Crippen LogP) is 2.85. The average Bonchev–Trinajstić information content (AvgIpc) is 2.79. The summed E-state index contributed by atoms with van der Waals surface area (Å²) < 4.78 is 4.94. The third kappa shape index (κ3) is 2.22. The number of Topliss-reactive ketones (excluding diaryl/α,β-unsaturated/α-hetero) is 2. The van der Waals surface area contributed by atoms with Crippen molar-refractivity contribution in [3.8, 4) is 0 Å². The molecule has 1 saturated carbocycles. The molecule has 0 aliphatic heterocycles. The third-order valence-electron chi connectivity index (χ3n) is 7.24. The SMILES string of the molecule is COC(=O)[C@@]1(O)C2=C(C(=O)C[C@H]3C(C)(C)CCC[C@]23C)C(=O)[C@@H]1C(C)C. The van der Waals surface area contributed by atoms with Gasteiger partial charge in [0.1, 0.15) is 0 Å². The fraction of sp³-hybridized carbons (Fsp3) is 0.762. The maximum Gasteiger partial charge on any atom is 0.343 e. The van der Waals surface area contributed by atoms with E-state index in [-0.39, 0.29) is 28.6 Å². The van der Waals surface area contributed by atoms with Crippen LogP contribution >= 0.6 is 0 Å². The minimum Gasteiger partial charge on any atom is -0.467 e. The summed E-state index contributed by atoms with van der Waals surface area (Å²) in [6.45, 7) is 9.89. The lowest BCUT2D eigenvalue weighted by atomic mass is 9.48. The Kier molecular flexibility index (Phi) is 4.26. The van der Waals surface area contributed by atoms with Crippen molar-refractivity contribution in [2.24, 2.45) is 28.6 Å². The van der Waals surface area contributed by atoms with Crippen LogP contribution in [-0.2, 0) is 19.1 Å². The standard InChI is InChI=1S/C21H30O5/c1-11(2)15-16(23)14-12(22)10-13-19(3,4)8-7-9-20(13,5)17(14)21(15,25)18(24)26-6/h11,13,15,25H,7-10H2,1-6H3/t13-,15-,20-,21-/m0/s1. The zero-order valence-corrected chi connectivity index (χ0v) is 16.6. The van der Waals surface area contributed by atoms with Gasteiger partial charge in [-0.2, -0.15) is 0 Å². The van der Waals surface area contributed by atoms with Gasteiger partial charge >= 0.3 is 5.97 Å². The summed E-state index contributed by atoms with van der Waals surface area (Å²) in [7, 11) is 1.22. The largest absolute Gasteiger partial charge is 0.467 e. The second-order valence-electron chi connectivity index (χ2n) is 9.53. The molecule has 3 rings (SSSR count). The summed E-state index contributed by atoms with van der Waals surface area (Å²) in [6.07, 6.45) is 2.98. The van der Waals surface area contributed by atoms with Gasteiger partial charge in [0.05, 0.1) is 18.6 Å². The van der Waals surface area contributed by atoms with Crippen molar-refractivity contribution in [2.75, 3.05) is 7.11 Å². The van der Waals surface area contributed by atoms with Gasteiger partial charge in [0.15, 0.2) is 17.2 Å². The molecule has 5 nitrogen and oxygen atoms in total. The van der Waals surface area contributed by atoms with Crippen LogP contribution < -0.4 is 0 Å². The number of esters is 1. The lowest BCUT2D eigenvalue weighted by molar-refractivity contribution is -0.169. The van der Waals surface area contributed by atoms with Crippen LogP contribution in [0.1, 0.15) is 60.3 Å². The molecule has 144 valence electrons. The summed E-state index contributed by atoms with van der Waals surface area (Å²) in [6, 6.07) is 0. The molecule has 0 amide bonds. The highest BCUT2D eigenvalue weighted by molar-refractivity contribution is 6.27. The van der Waals surface area contributed by atoms with Gasteiger partial charge in [-0.3, -0.25) is 9.59 Å². The van der Waals surface area contributed by atoms with Crippen LogP contribution in [0.2, 0.25) is 0 Å². The minimum absolute atomic E-state index is 0.00936. The molecule has 1 N–H and O–H groups in total. The summed E-state index contributed by atoms with van der Waals surface area (Å²) in [5, 5.41) is 11.6. The number of fused-ring (bicyclic) bond motifs is 2. The van der Waals surface area contributed by atoms with Gasteiger partial charge in [-0.05, 0) is 41.1 Å². The molecule has 0 unspecified atom stereocenters. The Balaban J connectivity index is 2.31. The van der Waals surface area contributed by atoms with E-state index in [1.165, 1.54) is 7.11 Å². The second-order valence-corrected chi connectivity index (χ2v) is 9.53. The quantitative estimate of drug-likeness (QED) is 0.603. The highest BCUT2D eigenvalue weighted by Crippen LogP contribution is 2.64. The Morgan fingerprint density at radius 3 is 2.35 bits per heavy atom. The lowest BCUT2D eigenvalue weighted by Gasteiger charge is -2.55. The first-order chi connectivity index (χ1) is 11.9. The number of ketones is 2. The van der Waals surface area contributed by atoms with Crippen molar-refractivity contribution in [2.45, 2.75) is 65.9 Å². The van der Waals surface area contributed by atoms with E-state index in [0.717, 1.165) is 19.3 Å². The molecule has 4 atom stereocenters. The number of carbonyl (C=O) groups excluding carboxylic acids is 3. The number of carbonyl (C=O) groups is 3. The molecule has 0 bridgehead atoms. The van der Waals surface area contributed by atoms with Gasteiger partial charge in [0.2, 0.25) is 0 Å². The smallest absolute Gasteiger partial charge is 0.343 e. The molecular formula is C21H30O5. The zero-order chi connectivity index (χ0) is 19.7. The summed E-state index contributed by atoms with van der Waals surface area (Å²) in [5.74, 6) is -2.71. The first kappa shape index (κ1) is 19.3. The van der Waals surface area contributed by atoms with Gasteiger partial charge in [-0.1, -0.05) is 41.0 Å². The number of ether oxygens (including phenoxy) is 1. The molecule has 1 fully saturated rings. The summed E-state index contributed by atoms with van der Waals surface area (Å²) in [4.78, 5) is 38.9. The highest BCUT2D eigenvalue weighted by atomic mass is 16.5. The Hall–Kier alpha value is -1.49. The summed E-state index contributed by atoms with van der Waals surface area (Å²) >= 11 is 0. The van der Waals surface area contributed by atoms with E-state index in [1.54, 1.807) is 13.8 Å². The fourth-order valence-electron chi connectivity index (χ4n) is 6.19. The Bertz CT molecular complexity index is 716. The van der Waals surface area contributed by atoms with Crippen molar-refractivity contribution in [3.63, 3.8) is 0 Å². The van der Waals surface area contributed by atoms with E-state index in [9.17, 15) is 19.5 Å². The van der Waals surface area contributed by atoms with E-state index in [0.29, 0.717) is 12.0 Å². The molecule has 3 aliphatic rings. The number of rotatable bonds is 2. The van der Waals surface area contributed by atoms with Gasteiger partial charge in [0, 0.05) is 6.42 Å². The first-order valence-electron chi connectivity index (χ1n) is 9.56. The van der Waals surface area contributed by atoms with Gasteiger partial charge in [0.25, 0.3) is 0 Å². The van der Waals surface area contributed by atoms with Crippen LogP contribution in [0.25, 0.3) is 0 Å². The van der Waals surface area contributed by atoms with Crippen molar-refractivity contribution in [1.29, 1.82) is 0 Å². The molecule has 0 radical (unpaired) electrons. The van der Waals surface area contributed by atoms with E-state index in [2.05, 4.69) is 13.8 Å². The lowest BCUT2D eigenvalue weighted by Crippen LogP contribution is -2.56. The molecule has 0 spiro atoms. The topological polar surface area (TPSA) is 80.7 Å². The molecular weight excluding hydrogens is 332 g/mol. The zero-order valence-electron chi connectivity index (χ0n) is 16.6. The average molecular weight is 362 g/mol. The van der Waals surface area contributed by atoms with Gasteiger partial charge in [-0.15, -0.1) is 0 Å². The molecule has 0 aromatic rings. The van der Waals surface area contributed by atoms with Crippen LogP contribution in [0, 0.1) is 28.6 Å². The maximum absolute atomic E-state index is 13.2. The number of aliphatic hydroxyl groups is 1. The fourth-order valence-corrected chi connectivity index (χ4v) is 6.19. The summed E-state index contributed by atoms with van der Waals surface area (Å²) in [5.41, 5.74) is -2.29. The number of methoxy groups -OCH3 is 1. The number of hydrogen-bond donors (Lipinski definition) is 1. The van der Waals surface area contributed by atoms with Crippen LogP contribution in [0.5, 0.6) is 0 Å². The van der Waals surface area contributed by atoms with Crippen molar-refractivity contribution in [3.05, 3.63) is 11.1 Å². The number of hydrogen-bond acceptors (Lipinski definition) is 5. The molecule has 26 heavy (non-hydrogen) atoms. The molecule has 0 saturated heterocycles. The molecule has 0 aromatic carbocycles. The molecule has 5 heteroatoms. The number of allylic oxidation sites excluding steroid dienone is 1. The highest BCUT2D eigenvalue weighted by Gasteiger charge is 2.68. The van der Waals surface area contributed by atoms with E-state index >= 15 is 0 Å². The third-order valence-corrected chi connectivity index (χ3v) is 7.24. The first-order valence-corrected chi connectivity index (χ1v) is 9.56. The maximum atomic E-state index is 13.2. The van der Waals surface area contributed by atoms with Gasteiger partial charge in [-0.25, -0.2) is 4.79 Å². The van der Waals surface area contributed by atoms with Crippen LogP contribution in [0.15, 0.2) is 11.1 Å². The van der Waals surface area contributed by atoms with Crippen molar-refractivity contribution in [1.82, 2.24) is 0 Å². The van der Waals surface area contributed by atoms with Crippen LogP contribution in [0.4, 0.5) is 0 Å². The van der Waals surface area contributed by atoms with Crippen LogP contribution in [0.3, 0.4) is 0 Å². The van der Waals surface area contributed by atoms with Crippen molar-refractivity contribution >= 4 is 17.5 Å². The minimum atomic E-state index is -2.05. The van der Waals surface area contributed by atoms with Crippen molar-refractivity contribution < 1.29 is 24.2 Å². The monoisotopic (exact) mass is 362 g/mol. The Labute approximate surface area is 155 Å². The Morgan fingerprint density at radius 2 is 1.81 bits per heavy atom. The van der Waals surface area contributed by atoms with E-state index in [1.807, 2.05) is 6.92 Å². The Morgan fingerprint density at radius 1 is 1.19 bits per heavy atom. The molecule has 0 aromatic heterocycles.